The first-order valence-electron chi connectivity index (χ1n) is 11.3. The minimum atomic E-state index is 1.08. The molecule has 0 saturated carbocycles. The molecule has 1 heterocycles. The van der Waals surface area contributed by atoms with Crippen molar-refractivity contribution in [3.63, 3.8) is 0 Å². The molecule has 0 aromatic heterocycles. The van der Waals surface area contributed by atoms with Crippen molar-refractivity contribution in [3.05, 3.63) is 84.1 Å². The van der Waals surface area contributed by atoms with E-state index < -0.39 is 0 Å². The molecule has 0 radical (unpaired) electrons. The van der Waals surface area contributed by atoms with Crippen LogP contribution in [-0.4, -0.2) is 31.1 Å². The highest BCUT2D eigenvalue weighted by Crippen LogP contribution is 2.08. The molecule has 2 nitrogen and oxygen atoms in total. The van der Waals surface area contributed by atoms with Crippen molar-refractivity contribution < 1.29 is 0 Å². The summed E-state index contributed by atoms with van der Waals surface area (Å²) in [4.78, 5) is 2.57. The Bertz CT molecular complexity index is 576. The van der Waals surface area contributed by atoms with E-state index in [1.165, 1.54) is 56.4 Å². The fourth-order valence-corrected chi connectivity index (χ4v) is 3.21. The molecule has 0 amide bonds. The zero-order chi connectivity index (χ0) is 21.2. The minimum absolute atomic E-state index is 1.08. The predicted octanol–water partition coefficient (Wildman–Crippen LogP) is 6.48. The molecule has 2 heteroatoms. The molecule has 2 aromatic carbocycles. The average Bonchev–Trinajstić information content (AvgIpc) is 2.79. The van der Waals surface area contributed by atoms with E-state index in [4.69, 9.17) is 0 Å². The van der Waals surface area contributed by atoms with Gasteiger partial charge in [0.1, 0.15) is 0 Å². The van der Waals surface area contributed by atoms with Crippen LogP contribution in [0.2, 0.25) is 0 Å². The van der Waals surface area contributed by atoms with Gasteiger partial charge in [0.05, 0.1) is 0 Å². The zero-order valence-corrected chi connectivity index (χ0v) is 19.0. The van der Waals surface area contributed by atoms with E-state index in [0.29, 0.717) is 0 Å². The minimum Gasteiger partial charge on any atom is -0.389 e. The van der Waals surface area contributed by atoms with Gasteiger partial charge in [-0.3, -0.25) is 0 Å². The lowest BCUT2D eigenvalue weighted by Gasteiger charge is -2.26. The summed E-state index contributed by atoms with van der Waals surface area (Å²) in [6, 6.07) is 20.9. The van der Waals surface area contributed by atoms with Crippen LogP contribution < -0.4 is 5.32 Å². The van der Waals surface area contributed by atoms with Gasteiger partial charge in [0.15, 0.2) is 0 Å². The molecule has 160 valence electrons. The predicted molar refractivity (Wildman–Crippen MR) is 129 cm³/mol. The van der Waals surface area contributed by atoms with Gasteiger partial charge in [-0.1, -0.05) is 87.5 Å². The molecular weight excluding hydrogens is 352 g/mol. The van der Waals surface area contributed by atoms with E-state index in [-0.39, 0.29) is 0 Å². The molecule has 3 rings (SSSR count). The maximum Gasteiger partial charge on any atom is 0.0155 e. The van der Waals surface area contributed by atoms with Crippen molar-refractivity contribution >= 4 is 0 Å². The number of likely N-dealkylation sites (tertiary alicyclic amines) is 1. The number of benzene rings is 2. The first kappa shape index (κ1) is 25.0. The molecule has 0 spiro atoms. The summed E-state index contributed by atoms with van der Waals surface area (Å²) in [6.45, 7) is 15.1. The van der Waals surface area contributed by atoms with E-state index in [2.05, 4.69) is 79.2 Å². The summed E-state index contributed by atoms with van der Waals surface area (Å²) in [6.07, 6.45) is 7.75. The van der Waals surface area contributed by atoms with E-state index in [1.54, 1.807) is 0 Å². The normalized spacial score (nSPS) is 13.3. The number of hydrogen-bond donors (Lipinski definition) is 1. The third-order valence-corrected chi connectivity index (χ3v) is 5.03. The third-order valence-electron chi connectivity index (χ3n) is 5.03. The van der Waals surface area contributed by atoms with Gasteiger partial charge in [-0.25, -0.2) is 0 Å². The molecule has 1 saturated heterocycles. The molecule has 0 unspecified atom stereocenters. The number of hydrogen-bond acceptors (Lipinski definition) is 2. The van der Waals surface area contributed by atoms with E-state index in [1.807, 2.05) is 19.1 Å². The van der Waals surface area contributed by atoms with Crippen LogP contribution >= 0.6 is 0 Å². The van der Waals surface area contributed by atoms with Crippen molar-refractivity contribution in [2.45, 2.75) is 59.3 Å². The molecule has 1 aliphatic rings. The van der Waals surface area contributed by atoms with Crippen LogP contribution in [0.4, 0.5) is 0 Å². The van der Waals surface area contributed by atoms with Crippen LogP contribution in [0.1, 0.15) is 57.6 Å². The Morgan fingerprint density at radius 2 is 1.31 bits per heavy atom. The Morgan fingerprint density at radius 3 is 1.69 bits per heavy atom. The highest BCUT2D eigenvalue weighted by atomic mass is 15.1. The SMILES string of the molecule is C=C(C)NCCCN1CCCCC1.CCc1ccccc1.CCc1ccccc1. The first-order valence-corrected chi connectivity index (χ1v) is 11.3. The lowest BCUT2D eigenvalue weighted by molar-refractivity contribution is 0.226. The standard InChI is InChI=1S/C11H22N2.2C8H10/c1-11(2)12-7-6-10-13-8-4-3-5-9-13;2*1-2-8-6-4-3-5-7-8/h12H,1,3-10H2,2H3;2*3-7H,2H2,1H3. The lowest BCUT2D eigenvalue weighted by atomic mass is 10.1. The molecule has 1 fully saturated rings. The second-order valence-electron chi connectivity index (χ2n) is 7.64. The summed E-state index contributed by atoms with van der Waals surface area (Å²) in [5.74, 6) is 0. The molecule has 29 heavy (non-hydrogen) atoms. The highest BCUT2D eigenvalue weighted by Gasteiger charge is 2.08. The van der Waals surface area contributed by atoms with E-state index in [9.17, 15) is 0 Å². The van der Waals surface area contributed by atoms with Gasteiger partial charge < -0.3 is 10.2 Å². The largest absolute Gasteiger partial charge is 0.389 e. The van der Waals surface area contributed by atoms with Gasteiger partial charge in [0.25, 0.3) is 0 Å². The van der Waals surface area contributed by atoms with Gasteiger partial charge in [0, 0.05) is 12.2 Å². The van der Waals surface area contributed by atoms with Gasteiger partial charge in [-0.05, 0) is 69.8 Å². The van der Waals surface area contributed by atoms with Gasteiger partial charge in [0.2, 0.25) is 0 Å². The Morgan fingerprint density at radius 1 is 0.828 bits per heavy atom. The summed E-state index contributed by atoms with van der Waals surface area (Å²) in [5, 5.41) is 3.26. The first-order chi connectivity index (χ1) is 14.2. The van der Waals surface area contributed by atoms with E-state index >= 15 is 0 Å². The Balaban J connectivity index is 0.000000228. The highest BCUT2D eigenvalue weighted by molar-refractivity contribution is 5.14. The van der Waals surface area contributed by atoms with Crippen molar-refractivity contribution in [1.29, 1.82) is 0 Å². The Kier molecular flexibility index (Phi) is 14.5. The molecule has 0 atom stereocenters. The summed E-state index contributed by atoms with van der Waals surface area (Å²) in [7, 11) is 0. The number of aryl methyl sites for hydroxylation is 2. The number of nitrogens with zero attached hydrogens (tertiary/aromatic N) is 1. The molecule has 1 N–H and O–H groups in total. The van der Waals surface area contributed by atoms with Gasteiger partial charge in [-0.15, -0.1) is 0 Å². The lowest BCUT2D eigenvalue weighted by Crippen LogP contribution is -2.32. The van der Waals surface area contributed by atoms with Crippen molar-refractivity contribution in [1.82, 2.24) is 10.2 Å². The third kappa shape index (κ3) is 13.7. The molecule has 1 aliphatic heterocycles. The Hall–Kier alpha value is -2.06. The van der Waals surface area contributed by atoms with Crippen LogP contribution in [0.5, 0.6) is 0 Å². The number of rotatable bonds is 7. The monoisotopic (exact) mass is 394 g/mol. The topological polar surface area (TPSA) is 15.3 Å². The molecule has 0 aliphatic carbocycles. The smallest absolute Gasteiger partial charge is 0.0155 e. The fourth-order valence-electron chi connectivity index (χ4n) is 3.21. The maximum atomic E-state index is 3.81. The fraction of sp³-hybridized carbons (Fsp3) is 0.481. The Labute approximate surface area is 180 Å². The average molecular weight is 395 g/mol. The maximum absolute atomic E-state index is 3.81. The van der Waals surface area contributed by atoms with Gasteiger partial charge >= 0.3 is 0 Å². The van der Waals surface area contributed by atoms with Crippen LogP contribution in [0.15, 0.2) is 72.9 Å². The molecule has 0 bridgehead atoms. The van der Waals surface area contributed by atoms with Crippen LogP contribution in [0, 0.1) is 0 Å². The quantitative estimate of drug-likeness (QED) is 0.540. The van der Waals surface area contributed by atoms with Crippen molar-refractivity contribution in [2.75, 3.05) is 26.2 Å². The summed E-state index contributed by atoms with van der Waals surface area (Å²) in [5.41, 5.74) is 3.90. The zero-order valence-electron chi connectivity index (χ0n) is 19.0. The van der Waals surface area contributed by atoms with Crippen molar-refractivity contribution in [3.8, 4) is 0 Å². The van der Waals surface area contributed by atoms with Gasteiger partial charge in [-0.2, -0.15) is 0 Å². The molecular formula is C27H42N2. The molecule has 2 aromatic rings. The number of piperidine rings is 1. The van der Waals surface area contributed by atoms with Crippen LogP contribution in [-0.2, 0) is 12.8 Å². The van der Waals surface area contributed by atoms with E-state index in [0.717, 1.165) is 25.1 Å². The summed E-state index contributed by atoms with van der Waals surface area (Å²) < 4.78 is 0. The second kappa shape index (κ2) is 16.9. The second-order valence-corrected chi connectivity index (χ2v) is 7.64. The number of nitrogens with one attached hydrogen (secondary N) is 1. The van der Waals surface area contributed by atoms with Crippen LogP contribution in [0.3, 0.4) is 0 Å². The van der Waals surface area contributed by atoms with Crippen molar-refractivity contribution in [2.24, 2.45) is 0 Å². The number of allylic oxidation sites excluding steroid dienone is 1. The summed E-state index contributed by atoms with van der Waals surface area (Å²) >= 11 is 0. The van der Waals surface area contributed by atoms with Crippen LogP contribution in [0.25, 0.3) is 0 Å².